The van der Waals surface area contributed by atoms with Gasteiger partial charge in [-0.15, -0.1) is 0 Å². The van der Waals surface area contributed by atoms with Crippen LogP contribution in [0.15, 0.2) is 11.6 Å². The van der Waals surface area contributed by atoms with Gasteiger partial charge in [-0.25, -0.2) is 4.79 Å². The molecule has 0 aromatic carbocycles. The molecular weight excluding hydrogens is 214 g/mol. The Hall–Kier alpha value is -0.830. The van der Waals surface area contributed by atoms with Crippen molar-refractivity contribution in [2.75, 3.05) is 7.05 Å². The van der Waals surface area contributed by atoms with Gasteiger partial charge >= 0.3 is 5.97 Å². The number of likely N-dealkylation sites (tertiary alicyclic amines) is 1. The molecule has 0 aromatic rings. The summed E-state index contributed by atoms with van der Waals surface area (Å²) in [6.07, 6.45) is 3.95. The van der Waals surface area contributed by atoms with Gasteiger partial charge in [-0.3, -0.25) is 4.90 Å². The predicted octanol–water partition coefficient (Wildman–Crippen LogP) is 2.92. The molecule has 1 aliphatic heterocycles. The highest BCUT2D eigenvalue weighted by Crippen LogP contribution is 2.40. The predicted molar refractivity (Wildman–Crippen MR) is 70.0 cm³/mol. The number of nitrogens with zero attached hydrogens (tertiary/aromatic N) is 1. The third-order valence-corrected chi connectivity index (χ3v) is 4.16. The molecule has 0 aromatic heterocycles. The molecule has 1 rings (SSSR count). The fourth-order valence-electron chi connectivity index (χ4n) is 2.99. The van der Waals surface area contributed by atoms with Crippen LogP contribution in [0, 0.1) is 5.92 Å². The molecule has 0 atom stereocenters. The Balaban J connectivity index is 2.93. The lowest BCUT2D eigenvalue weighted by Crippen LogP contribution is -2.58. The normalized spacial score (nSPS) is 25.9. The number of allylic oxidation sites excluding steroid dienone is 1. The van der Waals surface area contributed by atoms with Crippen LogP contribution in [0.2, 0.25) is 0 Å². The third-order valence-electron chi connectivity index (χ3n) is 4.16. The average molecular weight is 239 g/mol. The van der Waals surface area contributed by atoms with E-state index in [1.54, 1.807) is 6.92 Å². The Morgan fingerprint density at radius 3 is 2.00 bits per heavy atom. The maximum atomic E-state index is 10.9. The Kier molecular flexibility index (Phi) is 3.72. The molecule has 0 amide bonds. The van der Waals surface area contributed by atoms with Crippen LogP contribution in [-0.2, 0) is 4.79 Å². The zero-order valence-electron chi connectivity index (χ0n) is 11.9. The molecule has 3 heteroatoms. The van der Waals surface area contributed by atoms with Gasteiger partial charge in [-0.2, -0.15) is 0 Å². The lowest BCUT2D eigenvalue weighted by atomic mass is 9.73. The summed E-state index contributed by atoms with van der Waals surface area (Å²) in [7, 11) is 2.16. The number of hydrogen-bond donors (Lipinski definition) is 1. The molecular formula is C14H25NO2. The van der Waals surface area contributed by atoms with Gasteiger partial charge in [0.15, 0.2) is 0 Å². The topological polar surface area (TPSA) is 40.5 Å². The monoisotopic (exact) mass is 239 g/mol. The first kappa shape index (κ1) is 14.2. The second-order valence-corrected chi connectivity index (χ2v) is 6.51. The first-order chi connectivity index (χ1) is 7.56. The average Bonchev–Trinajstić information content (AvgIpc) is 2.12. The van der Waals surface area contributed by atoms with Crippen LogP contribution in [0.1, 0.15) is 47.5 Å². The summed E-state index contributed by atoms with van der Waals surface area (Å²) < 4.78 is 0. The van der Waals surface area contributed by atoms with Gasteiger partial charge in [0.1, 0.15) is 0 Å². The van der Waals surface area contributed by atoms with Crippen molar-refractivity contribution >= 4 is 5.97 Å². The smallest absolute Gasteiger partial charge is 0.330 e. The first-order valence-electron chi connectivity index (χ1n) is 6.22. The van der Waals surface area contributed by atoms with Crippen molar-refractivity contribution in [2.45, 2.75) is 58.5 Å². The van der Waals surface area contributed by atoms with E-state index in [9.17, 15) is 4.79 Å². The van der Waals surface area contributed by atoms with Gasteiger partial charge in [0.2, 0.25) is 0 Å². The number of carbonyl (C=O) groups is 1. The van der Waals surface area contributed by atoms with E-state index in [2.05, 4.69) is 39.6 Å². The molecule has 0 saturated carbocycles. The van der Waals surface area contributed by atoms with E-state index in [1.807, 2.05) is 6.08 Å². The van der Waals surface area contributed by atoms with Gasteiger partial charge in [-0.05, 0) is 60.4 Å². The standard InChI is InChI=1S/C14H25NO2/c1-10(12(16)17)7-11-8-13(2,3)15(6)14(4,5)9-11/h7,11H,8-9H2,1-6H3,(H,16,17)/b10-7+. The molecule has 0 bridgehead atoms. The zero-order valence-corrected chi connectivity index (χ0v) is 11.9. The fourth-order valence-corrected chi connectivity index (χ4v) is 2.99. The SMILES string of the molecule is C/C(=C\C1CC(C)(C)N(C)C(C)(C)C1)C(=O)O. The molecule has 1 N–H and O–H groups in total. The van der Waals surface area contributed by atoms with Gasteiger partial charge in [0, 0.05) is 16.7 Å². The molecule has 98 valence electrons. The molecule has 3 nitrogen and oxygen atoms in total. The van der Waals surface area contributed by atoms with E-state index in [0.717, 1.165) is 12.8 Å². The van der Waals surface area contributed by atoms with Crippen molar-refractivity contribution in [1.82, 2.24) is 4.90 Å². The van der Waals surface area contributed by atoms with Crippen LogP contribution < -0.4 is 0 Å². The maximum Gasteiger partial charge on any atom is 0.330 e. The maximum absolute atomic E-state index is 10.9. The highest BCUT2D eigenvalue weighted by molar-refractivity contribution is 5.85. The van der Waals surface area contributed by atoms with Crippen molar-refractivity contribution in [1.29, 1.82) is 0 Å². The third kappa shape index (κ3) is 3.09. The summed E-state index contributed by atoms with van der Waals surface area (Å²) in [4.78, 5) is 13.3. The number of aliphatic carboxylic acids is 1. The fraction of sp³-hybridized carbons (Fsp3) is 0.786. The summed E-state index contributed by atoms with van der Waals surface area (Å²) in [5, 5.41) is 8.95. The summed E-state index contributed by atoms with van der Waals surface area (Å²) in [6.45, 7) is 10.6. The van der Waals surface area contributed by atoms with Crippen LogP contribution in [-0.4, -0.2) is 34.1 Å². The van der Waals surface area contributed by atoms with Gasteiger partial charge in [0.05, 0.1) is 0 Å². The Morgan fingerprint density at radius 1 is 1.24 bits per heavy atom. The number of hydrogen-bond acceptors (Lipinski definition) is 2. The second kappa shape index (κ2) is 4.45. The quantitative estimate of drug-likeness (QED) is 0.753. The van der Waals surface area contributed by atoms with Crippen LogP contribution in [0.25, 0.3) is 0 Å². The highest BCUT2D eigenvalue weighted by atomic mass is 16.4. The Labute approximate surface area is 105 Å². The Bertz CT molecular complexity index is 324. The molecule has 1 heterocycles. The minimum absolute atomic E-state index is 0.113. The lowest BCUT2D eigenvalue weighted by Gasteiger charge is -2.53. The van der Waals surface area contributed by atoms with Gasteiger partial charge in [-0.1, -0.05) is 6.08 Å². The minimum Gasteiger partial charge on any atom is -0.478 e. The number of carboxylic acid groups (broad SMARTS) is 1. The second-order valence-electron chi connectivity index (χ2n) is 6.51. The molecule has 0 unspecified atom stereocenters. The summed E-state index contributed by atoms with van der Waals surface area (Å²) >= 11 is 0. The van der Waals surface area contributed by atoms with Crippen LogP contribution in [0.3, 0.4) is 0 Å². The number of piperidine rings is 1. The zero-order chi connectivity index (χ0) is 13.4. The summed E-state index contributed by atoms with van der Waals surface area (Å²) in [5.41, 5.74) is 0.690. The number of carboxylic acids is 1. The molecule has 17 heavy (non-hydrogen) atoms. The van der Waals surface area contributed by atoms with E-state index in [4.69, 9.17) is 5.11 Å². The largest absolute Gasteiger partial charge is 0.478 e. The summed E-state index contributed by atoms with van der Waals surface area (Å²) in [6, 6.07) is 0. The van der Waals surface area contributed by atoms with E-state index in [-0.39, 0.29) is 11.1 Å². The minimum atomic E-state index is -0.806. The highest BCUT2D eigenvalue weighted by Gasteiger charge is 2.42. The van der Waals surface area contributed by atoms with Gasteiger partial charge < -0.3 is 5.11 Å². The number of rotatable bonds is 2. The van der Waals surface area contributed by atoms with Crippen molar-refractivity contribution in [3.63, 3.8) is 0 Å². The van der Waals surface area contributed by atoms with E-state index in [1.165, 1.54) is 0 Å². The lowest BCUT2D eigenvalue weighted by molar-refractivity contribution is -0.132. The van der Waals surface area contributed by atoms with Crippen LogP contribution in [0.4, 0.5) is 0 Å². The van der Waals surface area contributed by atoms with E-state index >= 15 is 0 Å². The van der Waals surface area contributed by atoms with Crippen molar-refractivity contribution in [3.8, 4) is 0 Å². The first-order valence-corrected chi connectivity index (χ1v) is 6.22. The molecule has 1 saturated heterocycles. The van der Waals surface area contributed by atoms with E-state index in [0.29, 0.717) is 11.5 Å². The molecule has 0 aliphatic carbocycles. The van der Waals surface area contributed by atoms with E-state index < -0.39 is 5.97 Å². The molecule has 0 spiro atoms. The Morgan fingerprint density at radius 2 is 1.65 bits per heavy atom. The van der Waals surface area contributed by atoms with Crippen molar-refractivity contribution in [2.24, 2.45) is 5.92 Å². The van der Waals surface area contributed by atoms with Crippen LogP contribution >= 0.6 is 0 Å². The van der Waals surface area contributed by atoms with Crippen LogP contribution in [0.5, 0.6) is 0 Å². The van der Waals surface area contributed by atoms with Gasteiger partial charge in [0.25, 0.3) is 0 Å². The van der Waals surface area contributed by atoms with Crippen molar-refractivity contribution in [3.05, 3.63) is 11.6 Å². The summed E-state index contributed by atoms with van der Waals surface area (Å²) in [5.74, 6) is -0.452. The molecule has 0 radical (unpaired) electrons. The molecule has 1 fully saturated rings. The molecule has 1 aliphatic rings. The van der Waals surface area contributed by atoms with Crippen molar-refractivity contribution < 1.29 is 9.90 Å².